The van der Waals surface area contributed by atoms with E-state index in [1.54, 1.807) is 6.20 Å². The van der Waals surface area contributed by atoms with Crippen LogP contribution < -0.4 is 15.0 Å². The van der Waals surface area contributed by atoms with E-state index >= 15 is 0 Å². The second kappa shape index (κ2) is 6.39. The molecule has 1 saturated heterocycles. The van der Waals surface area contributed by atoms with Crippen molar-refractivity contribution in [2.45, 2.75) is 38.6 Å². The van der Waals surface area contributed by atoms with Gasteiger partial charge in [0.25, 0.3) is 0 Å². The zero-order valence-electron chi connectivity index (χ0n) is 12.2. The fourth-order valence-electron chi connectivity index (χ4n) is 2.87. The minimum absolute atomic E-state index is 0.633. The number of rotatable bonds is 6. The van der Waals surface area contributed by atoms with Crippen LogP contribution in [0.2, 0.25) is 0 Å². The summed E-state index contributed by atoms with van der Waals surface area (Å²) in [5, 5.41) is 3.50. The van der Waals surface area contributed by atoms with Gasteiger partial charge in [0.2, 0.25) is 5.88 Å². The van der Waals surface area contributed by atoms with Crippen molar-refractivity contribution < 1.29 is 4.74 Å². The van der Waals surface area contributed by atoms with Gasteiger partial charge in [0.05, 0.1) is 19.0 Å². The molecule has 0 amide bonds. The molecule has 2 fully saturated rings. The van der Waals surface area contributed by atoms with Crippen LogP contribution in [0.5, 0.6) is 5.88 Å². The largest absolute Gasteiger partial charge is 0.477 e. The SMILES string of the molecule is CCOc1cncc(N(CC2CCCNC2)C2CC2)n1. The Morgan fingerprint density at radius 1 is 1.35 bits per heavy atom. The molecule has 1 atom stereocenters. The molecule has 2 heterocycles. The number of aromatic nitrogens is 2. The van der Waals surface area contributed by atoms with Crippen molar-refractivity contribution in [3.8, 4) is 5.88 Å². The van der Waals surface area contributed by atoms with Gasteiger partial charge in [0, 0.05) is 12.6 Å². The van der Waals surface area contributed by atoms with Crippen LogP contribution in [0.4, 0.5) is 5.82 Å². The lowest BCUT2D eigenvalue weighted by atomic mass is 9.99. The number of anilines is 1. The second-order valence-corrected chi connectivity index (χ2v) is 5.74. The van der Waals surface area contributed by atoms with Gasteiger partial charge in [0.1, 0.15) is 0 Å². The zero-order chi connectivity index (χ0) is 13.8. The monoisotopic (exact) mass is 276 g/mol. The molecule has 5 nitrogen and oxygen atoms in total. The summed E-state index contributed by atoms with van der Waals surface area (Å²) in [5.74, 6) is 2.34. The van der Waals surface area contributed by atoms with E-state index in [-0.39, 0.29) is 0 Å². The lowest BCUT2D eigenvalue weighted by molar-refractivity contribution is 0.324. The van der Waals surface area contributed by atoms with Crippen molar-refractivity contribution in [3.63, 3.8) is 0 Å². The Labute approximate surface area is 120 Å². The van der Waals surface area contributed by atoms with Crippen molar-refractivity contribution in [2.75, 3.05) is 31.1 Å². The first kappa shape index (κ1) is 13.6. The Morgan fingerprint density at radius 3 is 2.95 bits per heavy atom. The lowest BCUT2D eigenvalue weighted by Crippen LogP contribution is -2.39. The summed E-state index contributed by atoms with van der Waals surface area (Å²) in [6.45, 7) is 5.98. The molecule has 20 heavy (non-hydrogen) atoms. The van der Waals surface area contributed by atoms with E-state index in [1.165, 1.54) is 32.2 Å². The average molecular weight is 276 g/mol. The lowest BCUT2D eigenvalue weighted by Gasteiger charge is -2.31. The number of ether oxygens (including phenoxy) is 1. The first-order chi connectivity index (χ1) is 9.86. The molecule has 1 aliphatic heterocycles. The van der Waals surface area contributed by atoms with Gasteiger partial charge in [-0.15, -0.1) is 0 Å². The summed E-state index contributed by atoms with van der Waals surface area (Å²) in [6.07, 6.45) is 8.72. The molecule has 0 aromatic carbocycles. The fraction of sp³-hybridized carbons (Fsp3) is 0.733. The van der Waals surface area contributed by atoms with Gasteiger partial charge >= 0.3 is 0 Å². The number of hydrogen-bond acceptors (Lipinski definition) is 5. The highest BCUT2D eigenvalue weighted by molar-refractivity contribution is 5.41. The molecule has 1 N–H and O–H groups in total. The molecule has 0 radical (unpaired) electrons. The Kier molecular flexibility index (Phi) is 4.35. The third-order valence-electron chi connectivity index (χ3n) is 4.03. The first-order valence-electron chi connectivity index (χ1n) is 7.79. The van der Waals surface area contributed by atoms with Crippen molar-refractivity contribution in [3.05, 3.63) is 12.4 Å². The van der Waals surface area contributed by atoms with Crippen LogP contribution in [-0.2, 0) is 0 Å². The Morgan fingerprint density at radius 2 is 2.25 bits per heavy atom. The summed E-state index contributed by atoms with van der Waals surface area (Å²) in [6, 6.07) is 0.656. The van der Waals surface area contributed by atoms with Crippen LogP contribution in [-0.4, -0.2) is 42.3 Å². The van der Waals surface area contributed by atoms with Crippen LogP contribution in [0.3, 0.4) is 0 Å². The average Bonchev–Trinajstić information content (AvgIpc) is 3.31. The number of piperidine rings is 1. The zero-order valence-corrected chi connectivity index (χ0v) is 12.2. The molecule has 1 aliphatic carbocycles. The van der Waals surface area contributed by atoms with E-state index in [0.29, 0.717) is 18.5 Å². The molecule has 1 unspecified atom stereocenters. The standard InChI is InChI=1S/C15H24N4O/c1-2-20-15-10-17-9-14(18-15)19(13-5-6-13)11-12-4-3-7-16-8-12/h9-10,12-13,16H,2-8,11H2,1H3. The molecule has 0 spiro atoms. The summed E-state index contributed by atoms with van der Waals surface area (Å²) >= 11 is 0. The quantitative estimate of drug-likeness (QED) is 0.859. The molecule has 2 aliphatic rings. The van der Waals surface area contributed by atoms with E-state index in [2.05, 4.69) is 20.2 Å². The minimum Gasteiger partial charge on any atom is -0.477 e. The highest BCUT2D eigenvalue weighted by Crippen LogP contribution is 2.32. The summed E-state index contributed by atoms with van der Waals surface area (Å²) in [7, 11) is 0. The molecule has 1 aromatic rings. The van der Waals surface area contributed by atoms with E-state index < -0.39 is 0 Å². The van der Waals surface area contributed by atoms with Crippen molar-refractivity contribution in [1.29, 1.82) is 0 Å². The first-order valence-corrected chi connectivity index (χ1v) is 7.79. The molecule has 0 bridgehead atoms. The normalized spacial score (nSPS) is 22.6. The third-order valence-corrected chi connectivity index (χ3v) is 4.03. The fourth-order valence-corrected chi connectivity index (χ4v) is 2.87. The highest BCUT2D eigenvalue weighted by atomic mass is 16.5. The predicted octanol–water partition coefficient (Wildman–Crippen LogP) is 1.84. The van der Waals surface area contributed by atoms with Crippen LogP contribution in [0, 0.1) is 5.92 Å². The molecule has 1 aromatic heterocycles. The maximum Gasteiger partial charge on any atom is 0.234 e. The summed E-state index contributed by atoms with van der Waals surface area (Å²) < 4.78 is 5.47. The van der Waals surface area contributed by atoms with Crippen LogP contribution in [0.1, 0.15) is 32.6 Å². The van der Waals surface area contributed by atoms with Gasteiger partial charge in [-0.2, -0.15) is 4.98 Å². The van der Waals surface area contributed by atoms with Crippen LogP contribution in [0.25, 0.3) is 0 Å². The number of hydrogen-bond donors (Lipinski definition) is 1. The van der Waals surface area contributed by atoms with Crippen molar-refractivity contribution in [1.82, 2.24) is 15.3 Å². The molecule has 1 saturated carbocycles. The topological polar surface area (TPSA) is 50.3 Å². The van der Waals surface area contributed by atoms with E-state index in [9.17, 15) is 0 Å². The number of nitrogens with one attached hydrogen (secondary N) is 1. The van der Waals surface area contributed by atoms with Crippen LogP contribution in [0.15, 0.2) is 12.4 Å². The molecule has 5 heteroatoms. The Bertz CT molecular complexity index is 430. The molecular weight excluding hydrogens is 252 g/mol. The maximum atomic E-state index is 5.47. The van der Waals surface area contributed by atoms with E-state index in [0.717, 1.165) is 24.8 Å². The predicted molar refractivity (Wildman–Crippen MR) is 79.2 cm³/mol. The smallest absolute Gasteiger partial charge is 0.234 e. The third kappa shape index (κ3) is 3.39. The van der Waals surface area contributed by atoms with Crippen molar-refractivity contribution in [2.24, 2.45) is 5.92 Å². The Balaban J connectivity index is 1.70. The van der Waals surface area contributed by atoms with E-state index in [4.69, 9.17) is 4.74 Å². The minimum atomic E-state index is 0.633. The highest BCUT2D eigenvalue weighted by Gasteiger charge is 2.32. The molecular formula is C15H24N4O. The van der Waals surface area contributed by atoms with Gasteiger partial charge in [-0.1, -0.05) is 0 Å². The van der Waals surface area contributed by atoms with Gasteiger partial charge in [-0.3, -0.25) is 4.98 Å². The van der Waals surface area contributed by atoms with Crippen molar-refractivity contribution >= 4 is 5.82 Å². The summed E-state index contributed by atoms with van der Waals surface area (Å²) in [4.78, 5) is 11.3. The van der Waals surface area contributed by atoms with Gasteiger partial charge in [-0.25, -0.2) is 0 Å². The molecule has 3 rings (SSSR count). The number of nitrogens with zero attached hydrogens (tertiary/aromatic N) is 3. The van der Waals surface area contributed by atoms with Gasteiger partial charge < -0.3 is 15.0 Å². The maximum absolute atomic E-state index is 5.47. The van der Waals surface area contributed by atoms with Gasteiger partial charge in [0.15, 0.2) is 5.82 Å². The second-order valence-electron chi connectivity index (χ2n) is 5.74. The van der Waals surface area contributed by atoms with Crippen LogP contribution >= 0.6 is 0 Å². The Hall–Kier alpha value is -1.36. The van der Waals surface area contributed by atoms with Gasteiger partial charge in [-0.05, 0) is 51.6 Å². The van der Waals surface area contributed by atoms with E-state index in [1.807, 2.05) is 13.1 Å². The summed E-state index contributed by atoms with van der Waals surface area (Å²) in [5.41, 5.74) is 0. The molecule has 110 valence electrons.